The van der Waals surface area contributed by atoms with Gasteiger partial charge in [0, 0.05) is 23.5 Å². The van der Waals surface area contributed by atoms with Crippen LogP contribution >= 0.6 is 11.3 Å². The van der Waals surface area contributed by atoms with E-state index in [0.29, 0.717) is 37.1 Å². The van der Waals surface area contributed by atoms with Gasteiger partial charge in [0.1, 0.15) is 6.54 Å². The summed E-state index contributed by atoms with van der Waals surface area (Å²) in [5, 5.41) is 5.06. The van der Waals surface area contributed by atoms with Crippen molar-refractivity contribution in [2.75, 3.05) is 19.9 Å². The molecule has 0 spiro atoms. The maximum absolute atomic E-state index is 13.6. The molecule has 2 aromatic rings. The second-order valence-corrected chi connectivity index (χ2v) is 11.0. The number of thiophene rings is 1. The van der Waals surface area contributed by atoms with Crippen LogP contribution in [0.1, 0.15) is 57.0 Å². The number of hydrogen-bond acceptors (Lipinski definition) is 5. The van der Waals surface area contributed by atoms with Gasteiger partial charge in [-0.1, -0.05) is 26.3 Å². The minimum Gasteiger partial charge on any atom is -0.454 e. The van der Waals surface area contributed by atoms with E-state index in [4.69, 9.17) is 9.47 Å². The summed E-state index contributed by atoms with van der Waals surface area (Å²) in [5.74, 6) is 1.62. The van der Waals surface area contributed by atoms with Crippen molar-refractivity contribution >= 4 is 23.3 Å². The molecule has 0 fully saturated rings. The van der Waals surface area contributed by atoms with Crippen LogP contribution in [-0.2, 0) is 17.9 Å². The zero-order valence-corrected chi connectivity index (χ0v) is 22.0. The minimum atomic E-state index is -0.381. The molecular weight excluding hydrogens is 450 g/mol. The van der Waals surface area contributed by atoms with Gasteiger partial charge in [-0.2, -0.15) is 0 Å². The predicted octanol–water partition coefficient (Wildman–Crippen LogP) is 5.17. The van der Waals surface area contributed by atoms with Gasteiger partial charge in [0.2, 0.25) is 12.7 Å². The summed E-state index contributed by atoms with van der Waals surface area (Å²) in [6, 6.07) is 7.61. The SMILES string of the molecule is CCC(C)CN(CC(=O)N(Cc1ccc2c(c1)OCO2)Cc1sccc1C)C(=O)NC(C)(C)C. The highest BCUT2D eigenvalue weighted by Gasteiger charge is 2.26. The van der Waals surface area contributed by atoms with E-state index in [2.05, 4.69) is 32.2 Å². The maximum Gasteiger partial charge on any atom is 0.318 e. The fourth-order valence-corrected chi connectivity index (χ4v) is 4.54. The van der Waals surface area contributed by atoms with E-state index < -0.39 is 0 Å². The Hall–Kier alpha value is -2.74. The number of rotatable bonds is 9. The number of urea groups is 1. The van der Waals surface area contributed by atoms with Gasteiger partial charge < -0.3 is 24.6 Å². The van der Waals surface area contributed by atoms with Gasteiger partial charge in [-0.25, -0.2) is 4.79 Å². The Bertz CT molecular complexity index is 998. The van der Waals surface area contributed by atoms with Crippen molar-refractivity contribution in [2.24, 2.45) is 5.92 Å². The largest absolute Gasteiger partial charge is 0.454 e. The molecule has 2 heterocycles. The first-order valence-electron chi connectivity index (χ1n) is 11.8. The molecule has 7 nitrogen and oxygen atoms in total. The van der Waals surface area contributed by atoms with Gasteiger partial charge in [0.25, 0.3) is 0 Å². The lowest BCUT2D eigenvalue weighted by molar-refractivity contribution is -0.133. The van der Waals surface area contributed by atoms with Gasteiger partial charge in [0.15, 0.2) is 11.5 Å². The van der Waals surface area contributed by atoms with Crippen LogP contribution in [0.25, 0.3) is 0 Å². The van der Waals surface area contributed by atoms with Crippen molar-refractivity contribution in [2.45, 2.75) is 66.6 Å². The zero-order valence-electron chi connectivity index (χ0n) is 21.1. The van der Waals surface area contributed by atoms with Crippen molar-refractivity contribution in [3.8, 4) is 11.5 Å². The minimum absolute atomic E-state index is 0.0290. The average molecular weight is 488 g/mol. The highest BCUT2D eigenvalue weighted by molar-refractivity contribution is 7.10. The number of nitrogens with one attached hydrogen (secondary N) is 1. The number of carbonyl (C=O) groups is 2. The lowest BCUT2D eigenvalue weighted by Crippen LogP contribution is -2.52. The number of benzene rings is 1. The summed E-state index contributed by atoms with van der Waals surface area (Å²) >= 11 is 1.64. The van der Waals surface area contributed by atoms with Gasteiger partial charge in [-0.3, -0.25) is 4.79 Å². The van der Waals surface area contributed by atoms with Crippen LogP contribution in [0.3, 0.4) is 0 Å². The third-order valence-corrected chi connectivity index (χ3v) is 6.80. The van der Waals surface area contributed by atoms with E-state index in [-0.39, 0.29) is 30.8 Å². The van der Waals surface area contributed by atoms with E-state index in [1.165, 1.54) is 0 Å². The van der Waals surface area contributed by atoms with Crippen molar-refractivity contribution in [1.29, 1.82) is 0 Å². The molecule has 3 rings (SSSR count). The van der Waals surface area contributed by atoms with Crippen molar-refractivity contribution in [3.05, 3.63) is 45.6 Å². The fourth-order valence-electron chi connectivity index (χ4n) is 3.62. The van der Waals surface area contributed by atoms with E-state index >= 15 is 0 Å². The predicted molar refractivity (Wildman–Crippen MR) is 135 cm³/mol. The summed E-state index contributed by atoms with van der Waals surface area (Å²) in [6.45, 7) is 13.8. The summed E-state index contributed by atoms with van der Waals surface area (Å²) in [4.78, 5) is 31.3. The molecule has 1 aromatic heterocycles. The average Bonchev–Trinajstić information content (AvgIpc) is 3.39. The Balaban J connectivity index is 1.81. The molecule has 1 aliphatic rings. The highest BCUT2D eigenvalue weighted by Crippen LogP contribution is 2.33. The topological polar surface area (TPSA) is 71.1 Å². The molecule has 34 heavy (non-hydrogen) atoms. The summed E-state index contributed by atoms with van der Waals surface area (Å²) in [6.07, 6.45) is 0.933. The zero-order chi connectivity index (χ0) is 24.9. The van der Waals surface area contributed by atoms with Crippen LogP contribution in [-0.4, -0.2) is 47.2 Å². The molecule has 0 bridgehead atoms. The second kappa shape index (κ2) is 11.1. The van der Waals surface area contributed by atoms with Crippen molar-refractivity contribution in [3.63, 3.8) is 0 Å². The molecule has 1 atom stereocenters. The molecule has 1 N–H and O–H groups in total. The third kappa shape index (κ3) is 7.13. The van der Waals surface area contributed by atoms with Gasteiger partial charge in [-0.05, 0) is 68.3 Å². The molecule has 186 valence electrons. The number of aryl methyl sites for hydroxylation is 1. The lowest BCUT2D eigenvalue weighted by atomic mass is 10.1. The smallest absolute Gasteiger partial charge is 0.318 e. The molecule has 0 saturated heterocycles. The van der Waals surface area contributed by atoms with Crippen molar-refractivity contribution < 1.29 is 19.1 Å². The maximum atomic E-state index is 13.6. The fraction of sp³-hybridized carbons (Fsp3) is 0.538. The molecular formula is C26H37N3O4S. The van der Waals surface area contributed by atoms with Gasteiger partial charge in [0.05, 0.1) is 6.54 Å². The van der Waals surface area contributed by atoms with Crippen LogP contribution in [0.15, 0.2) is 29.6 Å². The Morgan fingerprint density at radius 2 is 1.85 bits per heavy atom. The Kier molecular flexibility index (Phi) is 8.47. The molecule has 1 aliphatic heterocycles. The van der Waals surface area contributed by atoms with Crippen LogP contribution in [0, 0.1) is 12.8 Å². The molecule has 8 heteroatoms. The van der Waals surface area contributed by atoms with Crippen LogP contribution in [0.2, 0.25) is 0 Å². The summed E-state index contributed by atoms with van der Waals surface area (Å²) in [7, 11) is 0. The number of amides is 3. The lowest BCUT2D eigenvalue weighted by Gasteiger charge is -2.32. The van der Waals surface area contributed by atoms with Gasteiger partial charge >= 0.3 is 6.03 Å². The quantitative estimate of drug-likeness (QED) is 0.530. The molecule has 0 saturated carbocycles. The number of carbonyl (C=O) groups excluding carboxylic acids is 2. The number of fused-ring (bicyclic) bond motifs is 1. The molecule has 0 aliphatic carbocycles. The summed E-state index contributed by atoms with van der Waals surface area (Å²) in [5.41, 5.74) is 1.74. The Morgan fingerprint density at radius 1 is 1.12 bits per heavy atom. The first-order chi connectivity index (χ1) is 16.1. The van der Waals surface area contributed by atoms with Crippen LogP contribution in [0.4, 0.5) is 4.79 Å². The highest BCUT2D eigenvalue weighted by atomic mass is 32.1. The molecule has 3 amide bonds. The second-order valence-electron chi connectivity index (χ2n) is 10.0. The Labute approximate surface area is 207 Å². The van der Waals surface area contributed by atoms with E-state index in [1.54, 1.807) is 16.2 Å². The van der Waals surface area contributed by atoms with E-state index in [9.17, 15) is 9.59 Å². The number of hydrogen-bond donors (Lipinski definition) is 1. The van der Waals surface area contributed by atoms with E-state index in [0.717, 1.165) is 22.4 Å². The van der Waals surface area contributed by atoms with Gasteiger partial charge in [-0.15, -0.1) is 11.3 Å². The first kappa shape index (κ1) is 25.9. The number of ether oxygens (including phenoxy) is 2. The normalized spacial score (nSPS) is 13.5. The first-order valence-corrected chi connectivity index (χ1v) is 12.7. The van der Waals surface area contributed by atoms with Crippen molar-refractivity contribution in [1.82, 2.24) is 15.1 Å². The number of nitrogens with zero attached hydrogens (tertiary/aromatic N) is 2. The Morgan fingerprint density at radius 3 is 2.50 bits per heavy atom. The molecule has 1 aromatic carbocycles. The summed E-state index contributed by atoms with van der Waals surface area (Å²) < 4.78 is 10.9. The van der Waals surface area contributed by atoms with Crippen LogP contribution < -0.4 is 14.8 Å². The van der Waals surface area contributed by atoms with Crippen LogP contribution in [0.5, 0.6) is 11.5 Å². The molecule has 0 radical (unpaired) electrons. The third-order valence-electron chi connectivity index (χ3n) is 5.79. The van der Waals surface area contributed by atoms with E-state index in [1.807, 2.05) is 49.3 Å². The monoisotopic (exact) mass is 487 g/mol. The molecule has 1 unspecified atom stereocenters. The standard InChI is InChI=1S/C26H37N3O4S/c1-7-18(2)13-29(25(31)27-26(4,5)6)16-24(30)28(15-23-19(3)10-11-34-23)14-20-8-9-21-22(12-20)33-17-32-21/h8-12,18H,7,13-17H2,1-6H3,(H,27,31).